The van der Waals surface area contributed by atoms with Gasteiger partial charge in [-0.1, -0.05) is 17.7 Å². The first kappa shape index (κ1) is 10.8. The lowest BCUT2D eigenvalue weighted by atomic mass is 10.2. The summed E-state index contributed by atoms with van der Waals surface area (Å²) < 4.78 is 6.17. The van der Waals surface area contributed by atoms with Gasteiger partial charge in [-0.05, 0) is 30.7 Å². The van der Waals surface area contributed by atoms with E-state index >= 15 is 0 Å². The van der Waals surface area contributed by atoms with Crippen molar-refractivity contribution in [2.24, 2.45) is 0 Å². The molecule has 0 unspecified atom stereocenters. The van der Waals surface area contributed by atoms with E-state index in [0.717, 1.165) is 5.56 Å². The van der Waals surface area contributed by atoms with Gasteiger partial charge < -0.3 is 9.94 Å². The van der Waals surface area contributed by atoms with Crippen LogP contribution < -0.4 is 9.47 Å². The number of aromatic nitrogens is 1. The SMILES string of the molecule is Cc1ccc(Oc2ccc[n+]([O-])c2)c(Cl)c1. The standard InChI is InChI=1S/C12H10ClNO2/c1-9-4-5-12(11(13)7-9)16-10-3-2-6-14(15)8-10/h2-8H,1H3. The van der Waals surface area contributed by atoms with Crippen LogP contribution in [0.15, 0.2) is 42.7 Å². The van der Waals surface area contributed by atoms with Crippen LogP contribution >= 0.6 is 11.6 Å². The van der Waals surface area contributed by atoms with E-state index in [9.17, 15) is 5.21 Å². The Bertz CT molecular complexity index is 514. The second kappa shape index (κ2) is 4.41. The first-order valence-electron chi connectivity index (χ1n) is 4.78. The highest BCUT2D eigenvalue weighted by molar-refractivity contribution is 6.32. The Kier molecular flexibility index (Phi) is 2.97. The van der Waals surface area contributed by atoms with Crippen molar-refractivity contribution in [3.8, 4) is 11.5 Å². The van der Waals surface area contributed by atoms with E-state index in [4.69, 9.17) is 16.3 Å². The number of hydrogen-bond acceptors (Lipinski definition) is 2. The second-order valence-electron chi connectivity index (χ2n) is 3.44. The molecule has 0 saturated heterocycles. The van der Waals surface area contributed by atoms with Crippen LogP contribution in [0.5, 0.6) is 11.5 Å². The third-order valence-electron chi connectivity index (χ3n) is 2.06. The summed E-state index contributed by atoms with van der Waals surface area (Å²) in [7, 11) is 0. The van der Waals surface area contributed by atoms with E-state index in [1.165, 1.54) is 12.4 Å². The van der Waals surface area contributed by atoms with Crippen molar-refractivity contribution in [3.63, 3.8) is 0 Å². The normalized spacial score (nSPS) is 10.1. The molecule has 1 aromatic carbocycles. The van der Waals surface area contributed by atoms with Gasteiger partial charge in [0.05, 0.1) is 5.02 Å². The summed E-state index contributed by atoms with van der Waals surface area (Å²) in [5, 5.41) is 11.6. The van der Waals surface area contributed by atoms with Crippen LogP contribution in [0.1, 0.15) is 5.56 Å². The fourth-order valence-electron chi connectivity index (χ4n) is 1.31. The molecular formula is C12H10ClNO2. The van der Waals surface area contributed by atoms with E-state index in [0.29, 0.717) is 21.3 Å². The molecule has 0 spiro atoms. The third-order valence-corrected chi connectivity index (χ3v) is 2.36. The van der Waals surface area contributed by atoms with E-state index in [1.54, 1.807) is 18.2 Å². The smallest absolute Gasteiger partial charge is 0.223 e. The molecule has 0 amide bonds. The molecule has 16 heavy (non-hydrogen) atoms. The van der Waals surface area contributed by atoms with Crippen LogP contribution in [0.2, 0.25) is 5.02 Å². The average Bonchev–Trinajstić information content (AvgIpc) is 2.22. The predicted molar refractivity (Wildman–Crippen MR) is 61.7 cm³/mol. The van der Waals surface area contributed by atoms with Gasteiger partial charge in [0.15, 0.2) is 11.9 Å². The Morgan fingerprint density at radius 2 is 2.12 bits per heavy atom. The fourth-order valence-corrected chi connectivity index (χ4v) is 1.58. The molecular weight excluding hydrogens is 226 g/mol. The number of hydrogen-bond donors (Lipinski definition) is 0. The van der Waals surface area contributed by atoms with Crippen molar-refractivity contribution in [3.05, 3.63) is 58.5 Å². The Hall–Kier alpha value is -1.74. The number of rotatable bonds is 2. The zero-order valence-corrected chi connectivity index (χ0v) is 9.44. The molecule has 0 aliphatic rings. The van der Waals surface area contributed by atoms with Crippen LogP contribution in [0.4, 0.5) is 0 Å². The monoisotopic (exact) mass is 235 g/mol. The molecule has 0 N–H and O–H groups in total. The van der Waals surface area contributed by atoms with Crippen molar-refractivity contribution < 1.29 is 9.47 Å². The van der Waals surface area contributed by atoms with Gasteiger partial charge in [-0.2, -0.15) is 4.73 Å². The van der Waals surface area contributed by atoms with Gasteiger partial charge in [0, 0.05) is 6.07 Å². The minimum absolute atomic E-state index is 0.461. The number of pyridine rings is 1. The topological polar surface area (TPSA) is 36.2 Å². The Balaban J connectivity index is 2.27. The van der Waals surface area contributed by atoms with Crippen LogP contribution in [0.25, 0.3) is 0 Å². The van der Waals surface area contributed by atoms with Gasteiger partial charge in [0.2, 0.25) is 6.20 Å². The molecule has 0 aliphatic heterocycles. The van der Waals surface area contributed by atoms with Crippen LogP contribution in [0, 0.1) is 12.1 Å². The summed E-state index contributed by atoms with van der Waals surface area (Å²) in [5.74, 6) is 1.00. The van der Waals surface area contributed by atoms with Crippen LogP contribution in [0.3, 0.4) is 0 Å². The second-order valence-corrected chi connectivity index (χ2v) is 3.84. The van der Waals surface area contributed by atoms with E-state index in [1.807, 2.05) is 19.1 Å². The summed E-state index contributed by atoms with van der Waals surface area (Å²) in [4.78, 5) is 0. The van der Waals surface area contributed by atoms with Gasteiger partial charge >= 0.3 is 0 Å². The molecule has 0 saturated carbocycles. The molecule has 82 valence electrons. The summed E-state index contributed by atoms with van der Waals surface area (Å²) in [6, 6.07) is 8.80. The minimum Gasteiger partial charge on any atom is -0.619 e. The summed E-state index contributed by atoms with van der Waals surface area (Å²) >= 11 is 6.01. The fraction of sp³-hybridized carbons (Fsp3) is 0.0833. The van der Waals surface area contributed by atoms with Crippen molar-refractivity contribution in [2.75, 3.05) is 0 Å². The highest BCUT2D eigenvalue weighted by Gasteiger charge is 2.05. The van der Waals surface area contributed by atoms with Crippen molar-refractivity contribution >= 4 is 11.6 Å². The van der Waals surface area contributed by atoms with Crippen LogP contribution in [-0.4, -0.2) is 0 Å². The highest BCUT2D eigenvalue weighted by atomic mass is 35.5. The summed E-state index contributed by atoms with van der Waals surface area (Å²) in [6.07, 6.45) is 2.74. The average molecular weight is 236 g/mol. The first-order valence-corrected chi connectivity index (χ1v) is 5.16. The lowest BCUT2D eigenvalue weighted by Crippen LogP contribution is -2.23. The quantitative estimate of drug-likeness (QED) is 0.593. The van der Waals surface area contributed by atoms with Gasteiger partial charge in [0.1, 0.15) is 5.75 Å². The van der Waals surface area contributed by atoms with Gasteiger partial charge in [0.25, 0.3) is 0 Å². The molecule has 1 heterocycles. The molecule has 2 aromatic rings. The summed E-state index contributed by atoms with van der Waals surface area (Å²) in [6.45, 7) is 1.95. The zero-order valence-electron chi connectivity index (χ0n) is 8.68. The van der Waals surface area contributed by atoms with Crippen molar-refractivity contribution in [2.45, 2.75) is 6.92 Å². The van der Waals surface area contributed by atoms with E-state index in [2.05, 4.69) is 0 Å². The lowest BCUT2D eigenvalue weighted by molar-refractivity contribution is -0.605. The number of aryl methyl sites for hydroxylation is 1. The maximum atomic E-state index is 11.0. The molecule has 0 bridgehead atoms. The third kappa shape index (κ3) is 2.44. The number of halogens is 1. The Labute approximate surface area is 98.4 Å². The maximum Gasteiger partial charge on any atom is 0.223 e. The van der Waals surface area contributed by atoms with Gasteiger partial charge in [-0.25, -0.2) is 0 Å². The van der Waals surface area contributed by atoms with E-state index < -0.39 is 0 Å². The molecule has 1 aromatic heterocycles. The Morgan fingerprint density at radius 1 is 1.31 bits per heavy atom. The predicted octanol–water partition coefficient (Wildman–Crippen LogP) is 3.07. The van der Waals surface area contributed by atoms with Crippen LogP contribution in [-0.2, 0) is 0 Å². The zero-order chi connectivity index (χ0) is 11.5. The number of ether oxygens (including phenoxy) is 1. The molecule has 3 nitrogen and oxygen atoms in total. The van der Waals surface area contributed by atoms with E-state index in [-0.39, 0.29) is 0 Å². The minimum atomic E-state index is 0.461. The number of benzene rings is 1. The van der Waals surface area contributed by atoms with Gasteiger partial charge in [-0.3, -0.25) is 0 Å². The lowest BCUT2D eigenvalue weighted by Gasteiger charge is -2.07. The summed E-state index contributed by atoms with van der Waals surface area (Å²) in [5.41, 5.74) is 1.06. The van der Waals surface area contributed by atoms with Crippen molar-refractivity contribution in [1.29, 1.82) is 0 Å². The molecule has 0 aliphatic carbocycles. The molecule has 0 fully saturated rings. The Morgan fingerprint density at radius 3 is 2.81 bits per heavy atom. The highest BCUT2D eigenvalue weighted by Crippen LogP contribution is 2.29. The maximum absolute atomic E-state index is 11.0. The molecule has 4 heteroatoms. The largest absolute Gasteiger partial charge is 0.619 e. The number of nitrogens with zero attached hydrogens (tertiary/aromatic N) is 1. The van der Waals surface area contributed by atoms with Gasteiger partial charge in [-0.15, -0.1) is 0 Å². The van der Waals surface area contributed by atoms with Crippen molar-refractivity contribution in [1.82, 2.24) is 0 Å². The first-order chi connectivity index (χ1) is 7.65. The molecule has 0 atom stereocenters. The molecule has 0 radical (unpaired) electrons. The molecule has 2 rings (SSSR count).